The van der Waals surface area contributed by atoms with Crippen LogP contribution < -0.4 is 0 Å². The molecule has 1 saturated heterocycles. The molecular weight excluding hydrogens is 336 g/mol. The number of sulfone groups is 1. The third kappa shape index (κ3) is 2.09. The average molecular weight is 356 g/mol. The minimum absolute atomic E-state index is 0.000825. The topological polar surface area (TPSA) is 69.0 Å². The average Bonchev–Trinajstić information content (AvgIpc) is 3.26. The first kappa shape index (κ1) is 15.3. The van der Waals surface area contributed by atoms with Crippen LogP contribution in [0.4, 0.5) is 0 Å². The molecule has 2 unspecified atom stereocenters. The van der Waals surface area contributed by atoms with Crippen LogP contribution in [0.15, 0.2) is 36.8 Å². The van der Waals surface area contributed by atoms with Crippen LogP contribution in [0, 0.1) is 11.3 Å². The maximum Gasteiger partial charge on any atom is 0.150 e. The molecule has 130 valence electrons. The molecule has 0 radical (unpaired) electrons. The summed E-state index contributed by atoms with van der Waals surface area (Å²) in [5.74, 6) is 0.493. The molecule has 3 aliphatic rings. The van der Waals surface area contributed by atoms with Crippen molar-refractivity contribution in [1.82, 2.24) is 9.55 Å². The molecule has 2 fully saturated rings. The van der Waals surface area contributed by atoms with Crippen molar-refractivity contribution in [2.75, 3.05) is 11.5 Å². The summed E-state index contributed by atoms with van der Waals surface area (Å²) in [7, 11) is -2.96. The van der Waals surface area contributed by atoms with Gasteiger partial charge in [-0.15, -0.1) is 0 Å². The zero-order valence-electron chi connectivity index (χ0n) is 13.9. The number of benzene rings is 1. The van der Waals surface area contributed by atoms with E-state index in [1.54, 1.807) is 0 Å². The summed E-state index contributed by atoms with van der Waals surface area (Å²) in [6.07, 6.45) is 6.32. The molecule has 2 aliphatic heterocycles. The molecular formula is C19H20N2O3S. The number of fused-ring (bicyclic) bond motifs is 3. The van der Waals surface area contributed by atoms with Crippen molar-refractivity contribution in [3.05, 3.63) is 42.4 Å². The number of imidazole rings is 1. The monoisotopic (exact) mass is 356 g/mol. The van der Waals surface area contributed by atoms with Gasteiger partial charge in [-0.05, 0) is 31.2 Å². The van der Waals surface area contributed by atoms with Crippen molar-refractivity contribution in [2.24, 2.45) is 11.3 Å². The number of Topliss-reactive ketones (excluding diaryl/α,β-unsaturated/α-hetero) is 1. The Balaban J connectivity index is 1.53. The highest BCUT2D eigenvalue weighted by Gasteiger charge is 2.53. The van der Waals surface area contributed by atoms with Gasteiger partial charge in [0, 0.05) is 16.9 Å². The number of hydrogen-bond acceptors (Lipinski definition) is 4. The number of hydrogen-bond donors (Lipinski definition) is 0. The molecule has 25 heavy (non-hydrogen) atoms. The lowest BCUT2D eigenvalue weighted by atomic mass is 9.77. The predicted octanol–water partition coefficient (Wildman–Crippen LogP) is 2.63. The Morgan fingerprint density at radius 1 is 1.12 bits per heavy atom. The van der Waals surface area contributed by atoms with Crippen molar-refractivity contribution in [3.8, 4) is 11.3 Å². The Bertz CT molecular complexity index is 962. The molecule has 2 atom stereocenters. The number of carbonyl (C=O) groups is 1. The number of rotatable bonds is 1. The van der Waals surface area contributed by atoms with Crippen molar-refractivity contribution in [3.63, 3.8) is 0 Å². The van der Waals surface area contributed by atoms with Crippen LogP contribution in [-0.4, -0.2) is 35.3 Å². The first-order valence-corrected chi connectivity index (χ1v) is 10.7. The zero-order valence-corrected chi connectivity index (χ0v) is 14.7. The van der Waals surface area contributed by atoms with Crippen LogP contribution in [0.1, 0.15) is 37.3 Å². The lowest BCUT2D eigenvalue weighted by Gasteiger charge is -2.32. The number of carbonyl (C=O) groups excluding carboxylic acids is 1. The molecule has 0 amide bonds. The number of nitrogens with zero attached hydrogens (tertiary/aromatic N) is 2. The van der Waals surface area contributed by atoms with Gasteiger partial charge in [0.25, 0.3) is 0 Å². The van der Waals surface area contributed by atoms with Crippen LogP contribution >= 0.6 is 0 Å². The summed E-state index contributed by atoms with van der Waals surface area (Å²) in [5, 5.41) is 0. The van der Waals surface area contributed by atoms with Crippen LogP contribution in [0.2, 0.25) is 0 Å². The Morgan fingerprint density at radius 3 is 2.68 bits per heavy atom. The molecule has 1 aliphatic carbocycles. The quantitative estimate of drug-likeness (QED) is 0.788. The number of ketones is 1. The van der Waals surface area contributed by atoms with E-state index in [0.717, 1.165) is 24.1 Å². The molecule has 6 heteroatoms. The zero-order chi connectivity index (χ0) is 17.2. The molecule has 0 bridgehead atoms. The van der Waals surface area contributed by atoms with E-state index in [-0.39, 0.29) is 29.2 Å². The standard InChI is InChI=1S/C19H20N2O3S/c22-18-15(5-6-19(18)7-9-25(23,24)10-8-19)17-14-4-2-1-3-13(14)16-11-20-12-21(16)17/h1-4,11-12,15,17H,5-10H2. The van der Waals surface area contributed by atoms with Gasteiger partial charge in [-0.25, -0.2) is 13.4 Å². The summed E-state index contributed by atoms with van der Waals surface area (Å²) >= 11 is 0. The third-order valence-corrected chi connectivity index (χ3v) is 8.13. The van der Waals surface area contributed by atoms with Gasteiger partial charge in [0.1, 0.15) is 15.6 Å². The fourth-order valence-corrected chi connectivity index (χ4v) is 6.70. The highest BCUT2D eigenvalue weighted by atomic mass is 32.2. The van der Waals surface area contributed by atoms with Crippen LogP contribution in [0.25, 0.3) is 11.3 Å². The van der Waals surface area contributed by atoms with Crippen molar-refractivity contribution < 1.29 is 13.2 Å². The number of aromatic nitrogens is 2. The minimum Gasteiger partial charge on any atom is -0.322 e. The Hall–Kier alpha value is -1.95. The van der Waals surface area contributed by atoms with E-state index in [9.17, 15) is 13.2 Å². The fourth-order valence-electron chi connectivity index (χ4n) is 5.09. The SMILES string of the molecule is O=C1C(C2c3ccccc3-c3cncn32)CCC12CCS(=O)(=O)CC2. The normalized spacial score (nSPS) is 28.9. The molecule has 1 aromatic heterocycles. The van der Waals surface area contributed by atoms with Gasteiger partial charge in [0.05, 0.1) is 35.8 Å². The van der Waals surface area contributed by atoms with Crippen LogP contribution in [-0.2, 0) is 14.6 Å². The molecule has 1 saturated carbocycles. The van der Waals surface area contributed by atoms with Gasteiger partial charge < -0.3 is 4.57 Å². The molecule has 1 spiro atoms. The van der Waals surface area contributed by atoms with Gasteiger partial charge in [0.15, 0.2) is 0 Å². The maximum atomic E-state index is 13.4. The predicted molar refractivity (Wildman–Crippen MR) is 93.9 cm³/mol. The lowest BCUT2D eigenvalue weighted by Crippen LogP contribution is -2.39. The maximum absolute atomic E-state index is 13.4. The van der Waals surface area contributed by atoms with Crippen LogP contribution in [0.5, 0.6) is 0 Å². The largest absolute Gasteiger partial charge is 0.322 e. The van der Waals surface area contributed by atoms with E-state index in [1.807, 2.05) is 24.7 Å². The van der Waals surface area contributed by atoms with Gasteiger partial charge in [-0.2, -0.15) is 0 Å². The smallest absolute Gasteiger partial charge is 0.150 e. The lowest BCUT2D eigenvalue weighted by molar-refractivity contribution is -0.130. The first-order valence-electron chi connectivity index (χ1n) is 8.87. The summed E-state index contributed by atoms with van der Waals surface area (Å²) in [4.78, 5) is 17.7. The second-order valence-corrected chi connectivity index (χ2v) is 9.96. The minimum atomic E-state index is -2.96. The van der Waals surface area contributed by atoms with Gasteiger partial charge in [0.2, 0.25) is 0 Å². The fraction of sp³-hybridized carbons (Fsp3) is 0.474. The molecule has 0 N–H and O–H groups in total. The summed E-state index contributed by atoms with van der Waals surface area (Å²) in [6.45, 7) is 0. The molecule has 3 heterocycles. The van der Waals surface area contributed by atoms with Gasteiger partial charge >= 0.3 is 0 Å². The summed E-state index contributed by atoms with van der Waals surface area (Å²) in [6, 6.07) is 8.23. The van der Waals surface area contributed by atoms with E-state index in [0.29, 0.717) is 12.8 Å². The van der Waals surface area contributed by atoms with Gasteiger partial charge in [-0.3, -0.25) is 4.79 Å². The van der Waals surface area contributed by atoms with Gasteiger partial charge in [-0.1, -0.05) is 24.3 Å². The first-order chi connectivity index (χ1) is 12.0. The van der Waals surface area contributed by atoms with E-state index in [2.05, 4.69) is 21.7 Å². The van der Waals surface area contributed by atoms with Crippen molar-refractivity contribution in [1.29, 1.82) is 0 Å². The third-order valence-electron chi connectivity index (χ3n) is 6.48. The molecule has 5 rings (SSSR count). The van der Waals surface area contributed by atoms with E-state index >= 15 is 0 Å². The second-order valence-electron chi connectivity index (χ2n) is 7.66. The van der Waals surface area contributed by atoms with E-state index in [1.165, 1.54) is 5.56 Å². The van der Waals surface area contributed by atoms with E-state index < -0.39 is 15.3 Å². The highest BCUT2D eigenvalue weighted by Crippen LogP contribution is 2.53. The Labute approximate surface area is 147 Å². The molecule has 2 aromatic rings. The van der Waals surface area contributed by atoms with Crippen molar-refractivity contribution in [2.45, 2.75) is 31.7 Å². The second kappa shape index (κ2) is 5.04. The Morgan fingerprint density at radius 2 is 1.88 bits per heavy atom. The molecule has 5 nitrogen and oxygen atoms in total. The molecule has 1 aromatic carbocycles. The van der Waals surface area contributed by atoms with Crippen molar-refractivity contribution >= 4 is 15.6 Å². The van der Waals surface area contributed by atoms with Crippen LogP contribution in [0.3, 0.4) is 0 Å². The summed E-state index contributed by atoms with van der Waals surface area (Å²) < 4.78 is 25.7. The van der Waals surface area contributed by atoms with E-state index in [4.69, 9.17) is 0 Å². The Kier molecular flexibility index (Phi) is 3.08. The highest BCUT2D eigenvalue weighted by molar-refractivity contribution is 7.91. The summed E-state index contributed by atoms with van der Waals surface area (Å²) in [5.41, 5.74) is 3.00.